The predicted octanol–water partition coefficient (Wildman–Crippen LogP) is 3.48. The van der Waals surface area contributed by atoms with Crippen LogP contribution in [0.5, 0.6) is 11.5 Å². The number of hydrogen-bond donors (Lipinski definition) is 0. The minimum Gasteiger partial charge on any atom is -0.457 e. The van der Waals surface area contributed by atoms with Crippen molar-refractivity contribution in [2.45, 2.75) is 0 Å². The predicted molar refractivity (Wildman–Crippen MR) is 53.0 cm³/mol. The van der Waals surface area contributed by atoms with Gasteiger partial charge in [0.1, 0.15) is 11.5 Å². The Labute approximate surface area is 94.2 Å². The molecule has 0 heterocycles. The summed E-state index contributed by atoms with van der Waals surface area (Å²) in [4.78, 5) is 0. The van der Waals surface area contributed by atoms with Crippen LogP contribution in [0.3, 0.4) is 0 Å². The fourth-order valence-corrected chi connectivity index (χ4v) is 1.11. The van der Waals surface area contributed by atoms with Crippen LogP contribution >= 0.6 is 0 Å². The normalized spacial score (nSPS) is 8.86. The number of benzene rings is 2. The van der Waals surface area contributed by atoms with E-state index in [0.29, 0.717) is 0 Å². The Balaban J connectivity index is 0.000000980. The van der Waals surface area contributed by atoms with Crippen LogP contribution in [0.1, 0.15) is 0 Å². The van der Waals surface area contributed by atoms with E-state index >= 15 is 0 Å². The maximum absolute atomic E-state index is 5.58. The van der Waals surface area contributed by atoms with E-state index < -0.39 is 0 Å². The van der Waals surface area contributed by atoms with Gasteiger partial charge in [0.15, 0.2) is 0 Å². The molecule has 0 aliphatic heterocycles. The number of ether oxygens (including phenoxy) is 1. The van der Waals surface area contributed by atoms with Crippen LogP contribution in [0.15, 0.2) is 60.7 Å². The van der Waals surface area contributed by atoms with Gasteiger partial charge in [-0.3, -0.25) is 0 Å². The van der Waals surface area contributed by atoms with Crippen molar-refractivity contribution in [2.75, 3.05) is 0 Å². The number of rotatable bonds is 2. The van der Waals surface area contributed by atoms with Gasteiger partial charge in [-0.2, -0.15) is 0 Å². The molecular weight excluding hydrogens is 216 g/mol. The second-order valence-electron chi connectivity index (χ2n) is 2.73. The topological polar surface area (TPSA) is 9.23 Å². The number of hydrogen-bond acceptors (Lipinski definition) is 1. The van der Waals surface area contributed by atoms with Crippen molar-refractivity contribution in [2.24, 2.45) is 0 Å². The molecule has 0 unspecified atom stereocenters. The molecule has 0 aromatic heterocycles. The van der Waals surface area contributed by atoms with Crippen molar-refractivity contribution in [3.63, 3.8) is 0 Å². The second kappa shape index (κ2) is 5.48. The molecule has 72 valence electrons. The first-order valence-corrected chi connectivity index (χ1v) is 4.23. The Kier molecular flexibility index (Phi) is 4.24. The Morgan fingerprint density at radius 3 is 1.29 bits per heavy atom. The van der Waals surface area contributed by atoms with E-state index in [0.717, 1.165) is 11.5 Å². The van der Waals surface area contributed by atoms with E-state index in [-0.39, 0.29) is 17.1 Å². The zero-order valence-electron chi connectivity index (χ0n) is 7.54. The second-order valence-corrected chi connectivity index (χ2v) is 2.73. The molecular formula is C12H10FeO. The Morgan fingerprint density at radius 1 is 0.571 bits per heavy atom. The van der Waals surface area contributed by atoms with Gasteiger partial charge >= 0.3 is 0 Å². The maximum atomic E-state index is 5.58. The molecule has 0 spiro atoms. The minimum atomic E-state index is 0. The summed E-state index contributed by atoms with van der Waals surface area (Å²) in [5.74, 6) is 1.74. The van der Waals surface area contributed by atoms with E-state index in [1.807, 2.05) is 60.7 Å². The molecule has 0 bridgehead atoms. The third-order valence-electron chi connectivity index (χ3n) is 1.72. The van der Waals surface area contributed by atoms with Gasteiger partial charge in [-0.15, -0.1) is 0 Å². The van der Waals surface area contributed by atoms with Crippen molar-refractivity contribution in [3.05, 3.63) is 60.7 Å². The minimum absolute atomic E-state index is 0. The molecule has 14 heavy (non-hydrogen) atoms. The molecule has 0 saturated carbocycles. The van der Waals surface area contributed by atoms with Crippen molar-refractivity contribution < 1.29 is 21.8 Å². The number of para-hydroxylation sites is 2. The van der Waals surface area contributed by atoms with E-state index in [1.54, 1.807) is 0 Å². The summed E-state index contributed by atoms with van der Waals surface area (Å²) in [6.45, 7) is 0. The van der Waals surface area contributed by atoms with Gasteiger partial charge in [0, 0.05) is 17.1 Å². The van der Waals surface area contributed by atoms with Gasteiger partial charge in [-0.25, -0.2) is 0 Å². The summed E-state index contributed by atoms with van der Waals surface area (Å²) in [6, 6.07) is 19.5. The third-order valence-corrected chi connectivity index (χ3v) is 1.72. The molecule has 0 fully saturated rings. The van der Waals surface area contributed by atoms with E-state index in [1.165, 1.54) is 0 Å². The summed E-state index contributed by atoms with van der Waals surface area (Å²) in [7, 11) is 0. The molecule has 0 atom stereocenters. The largest absolute Gasteiger partial charge is 0.457 e. The zero-order chi connectivity index (χ0) is 8.93. The molecule has 2 rings (SSSR count). The Bertz CT molecular complexity index is 321. The Morgan fingerprint density at radius 2 is 0.929 bits per heavy atom. The van der Waals surface area contributed by atoms with Crippen LogP contribution in [0, 0.1) is 0 Å². The van der Waals surface area contributed by atoms with Crippen LogP contribution in [-0.4, -0.2) is 0 Å². The van der Waals surface area contributed by atoms with E-state index in [9.17, 15) is 0 Å². The summed E-state index contributed by atoms with van der Waals surface area (Å²) < 4.78 is 5.58. The third kappa shape index (κ3) is 2.91. The first-order chi connectivity index (χ1) is 6.45. The molecule has 0 radical (unpaired) electrons. The van der Waals surface area contributed by atoms with Crippen molar-refractivity contribution >= 4 is 0 Å². The first kappa shape index (κ1) is 10.8. The van der Waals surface area contributed by atoms with Gasteiger partial charge in [-0.1, -0.05) is 36.4 Å². The van der Waals surface area contributed by atoms with Crippen LogP contribution < -0.4 is 4.74 Å². The van der Waals surface area contributed by atoms with Crippen LogP contribution in [-0.2, 0) is 17.1 Å². The van der Waals surface area contributed by atoms with Crippen molar-refractivity contribution in [3.8, 4) is 11.5 Å². The maximum Gasteiger partial charge on any atom is 0.127 e. The van der Waals surface area contributed by atoms with Crippen molar-refractivity contribution in [1.82, 2.24) is 0 Å². The molecule has 2 aromatic carbocycles. The molecule has 0 amide bonds. The smallest absolute Gasteiger partial charge is 0.127 e. The fraction of sp³-hybridized carbons (Fsp3) is 0. The Hall–Kier alpha value is -1.24. The average molecular weight is 226 g/mol. The molecule has 0 aliphatic rings. The first-order valence-electron chi connectivity index (χ1n) is 4.23. The van der Waals surface area contributed by atoms with Crippen molar-refractivity contribution in [1.29, 1.82) is 0 Å². The summed E-state index contributed by atoms with van der Waals surface area (Å²) in [5.41, 5.74) is 0. The molecule has 1 nitrogen and oxygen atoms in total. The summed E-state index contributed by atoms with van der Waals surface area (Å²) in [6.07, 6.45) is 0. The fourth-order valence-electron chi connectivity index (χ4n) is 1.11. The summed E-state index contributed by atoms with van der Waals surface area (Å²) >= 11 is 0. The van der Waals surface area contributed by atoms with E-state index in [2.05, 4.69) is 0 Å². The monoisotopic (exact) mass is 226 g/mol. The molecule has 0 N–H and O–H groups in total. The standard InChI is InChI=1S/C12H10O.Fe/c1-3-7-11(8-4-1)13-12-9-5-2-6-10-12;/h1-10H;. The molecule has 2 aromatic rings. The van der Waals surface area contributed by atoms with Gasteiger partial charge in [0.25, 0.3) is 0 Å². The van der Waals surface area contributed by atoms with Gasteiger partial charge in [0.2, 0.25) is 0 Å². The van der Waals surface area contributed by atoms with Crippen LogP contribution in [0.4, 0.5) is 0 Å². The van der Waals surface area contributed by atoms with Gasteiger partial charge in [-0.05, 0) is 24.3 Å². The molecule has 0 saturated heterocycles. The van der Waals surface area contributed by atoms with Gasteiger partial charge in [0.05, 0.1) is 0 Å². The molecule has 2 heteroatoms. The van der Waals surface area contributed by atoms with Crippen LogP contribution in [0.25, 0.3) is 0 Å². The van der Waals surface area contributed by atoms with Crippen LogP contribution in [0.2, 0.25) is 0 Å². The molecule has 0 aliphatic carbocycles. The average Bonchev–Trinajstić information content (AvgIpc) is 2.21. The van der Waals surface area contributed by atoms with E-state index in [4.69, 9.17) is 4.74 Å². The summed E-state index contributed by atoms with van der Waals surface area (Å²) in [5, 5.41) is 0. The van der Waals surface area contributed by atoms with Gasteiger partial charge < -0.3 is 4.74 Å². The quantitative estimate of drug-likeness (QED) is 0.712. The SMILES string of the molecule is [Fe].c1ccc(Oc2ccccc2)cc1. The zero-order valence-corrected chi connectivity index (χ0v) is 8.64.